The molecule has 0 radical (unpaired) electrons. The van der Waals surface area contributed by atoms with Crippen LogP contribution in [0.4, 0.5) is 5.69 Å². The Morgan fingerprint density at radius 2 is 1.83 bits per heavy atom. The van der Waals surface area contributed by atoms with Gasteiger partial charge in [-0.25, -0.2) is 0 Å². The predicted octanol–water partition coefficient (Wildman–Crippen LogP) is 2.83. The fourth-order valence-corrected chi connectivity index (χ4v) is 2.36. The van der Waals surface area contributed by atoms with E-state index in [1.807, 2.05) is 26.0 Å². The number of rotatable bonds is 6. The molecule has 102 valence electrons. The van der Waals surface area contributed by atoms with Crippen molar-refractivity contribution in [1.82, 2.24) is 0 Å². The van der Waals surface area contributed by atoms with Crippen LogP contribution in [0.3, 0.4) is 0 Å². The van der Waals surface area contributed by atoms with Gasteiger partial charge >= 0.3 is 0 Å². The van der Waals surface area contributed by atoms with Gasteiger partial charge < -0.3 is 4.90 Å². The number of hydrogen-bond donors (Lipinski definition) is 1. The second-order valence-corrected chi connectivity index (χ2v) is 6.41. The van der Waals surface area contributed by atoms with Gasteiger partial charge in [0.2, 0.25) is 0 Å². The molecule has 0 aromatic heterocycles. The minimum atomic E-state index is -3.88. The maximum atomic E-state index is 10.7. The number of anilines is 1. The Bertz CT molecular complexity index is 471. The van der Waals surface area contributed by atoms with Gasteiger partial charge in [0.15, 0.2) is 0 Å². The van der Waals surface area contributed by atoms with E-state index in [0.717, 1.165) is 5.69 Å². The fraction of sp³-hybridized carbons (Fsp3) is 0.500. The van der Waals surface area contributed by atoms with Crippen LogP contribution in [0.2, 0.25) is 5.02 Å². The average Bonchev–Trinajstić information content (AvgIpc) is 2.24. The zero-order chi connectivity index (χ0) is 13.8. The molecular formula is C12H18ClNO3S. The molecule has 0 atom stereocenters. The summed E-state index contributed by atoms with van der Waals surface area (Å²) in [5.41, 5.74) is 0.990. The van der Waals surface area contributed by atoms with Crippen LogP contribution in [0.1, 0.15) is 20.3 Å². The summed E-state index contributed by atoms with van der Waals surface area (Å²) in [6.07, 6.45) is 0.389. The summed E-state index contributed by atoms with van der Waals surface area (Å²) >= 11 is 5.83. The quantitative estimate of drug-likeness (QED) is 0.819. The molecule has 0 fully saturated rings. The first kappa shape index (κ1) is 15.3. The predicted molar refractivity (Wildman–Crippen MR) is 75.0 cm³/mol. The molecule has 0 aliphatic carbocycles. The summed E-state index contributed by atoms with van der Waals surface area (Å²) in [6.45, 7) is 4.63. The van der Waals surface area contributed by atoms with Crippen LogP contribution in [-0.4, -0.2) is 31.3 Å². The molecular weight excluding hydrogens is 274 g/mol. The molecule has 0 aliphatic rings. The highest BCUT2D eigenvalue weighted by Gasteiger charge is 2.12. The third-order valence-electron chi connectivity index (χ3n) is 2.58. The number of hydrogen-bond acceptors (Lipinski definition) is 3. The van der Waals surface area contributed by atoms with E-state index in [1.165, 1.54) is 0 Å². The van der Waals surface area contributed by atoms with Gasteiger partial charge in [0.1, 0.15) is 0 Å². The van der Waals surface area contributed by atoms with Crippen LogP contribution in [-0.2, 0) is 10.1 Å². The lowest BCUT2D eigenvalue weighted by atomic mass is 10.2. The summed E-state index contributed by atoms with van der Waals surface area (Å²) in [4.78, 5) is 2.07. The first-order valence-corrected chi connectivity index (χ1v) is 7.75. The van der Waals surface area contributed by atoms with Crippen LogP contribution in [0.15, 0.2) is 24.3 Å². The number of halogens is 1. The van der Waals surface area contributed by atoms with Gasteiger partial charge in [-0.3, -0.25) is 4.55 Å². The summed E-state index contributed by atoms with van der Waals surface area (Å²) in [5.74, 6) is -0.218. The Morgan fingerprint density at radius 1 is 1.28 bits per heavy atom. The fourth-order valence-electron chi connectivity index (χ4n) is 1.74. The summed E-state index contributed by atoms with van der Waals surface area (Å²) in [6, 6.07) is 7.64. The molecule has 1 aromatic carbocycles. The van der Waals surface area contributed by atoms with E-state index in [9.17, 15) is 8.42 Å². The van der Waals surface area contributed by atoms with Crippen molar-refractivity contribution in [1.29, 1.82) is 0 Å². The van der Waals surface area contributed by atoms with Crippen molar-refractivity contribution >= 4 is 27.4 Å². The van der Waals surface area contributed by atoms with Crippen molar-refractivity contribution in [2.75, 3.05) is 17.2 Å². The molecule has 0 aliphatic heterocycles. The Kier molecular flexibility index (Phi) is 5.44. The average molecular weight is 292 g/mol. The molecule has 1 aromatic rings. The molecule has 0 heterocycles. The minimum Gasteiger partial charge on any atom is -0.369 e. The van der Waals surface area contributed by atoms with Gasteiger partial charge in [-0.1, -0.05) is 11.6 Å². The monoisotopic (exact) mass is 291 g/mol. The topological polar surface area (TPSA) is 57.6 Å². The lowest BCUT2D eigenvalue weighted by Gasteiger charge is -2.29. The highest BCUT2D eigenvalue weighted by Crippen LogP contribution is 2.20. The minimum absolute atomic E-state index is 0.218. The highest BCUT2D eigenvalue weighted by molar-refractivity contribution is 7.85. The highest BCUT2D eigenvalue weighted by atomic mass is 35.5. The molecule has 0 amide bonds. The third kappa shape index (κ3) is 5.25. The van der Waals surface area contributed by atoms with E-state index < -0.39 is 10.1 Å². The van der Waals surface area contributed by atoms with Crippen molar-refractivity contribution < 1.29 is 13.0 Å². The Hall–Kier alpha value is -0.780. The second-order valence-electron chi connectivity index (χ2n) is 4.40. The molecule has 0 bridgehead atoms. The summed E-state index contributed by atoms with van der Waals surface area (Å²) < 4.78 is 30.1. The molecule has 1 rings (SSSR count). The Morgan fingerprint density at radius 3 is 2.28 bits per heavy atom. The zero-order valence-electron chi connectivity index (χ0n) is 10.5. The first-order valence-electron chi connectivity index (χ1n) is 5.77. The molecule has 18 heavy (non-hydrogen) atoms. The Balaban J connectivity index is 2.69. The first-order chi connectivity index (χ1) is 8.29. The molecule has 0 spiro atoms. The smallest absolute Gasteiger partial charge is 0.264 e. The van der Waals surface area contributed by atoms with Gasteiger partial charge in [0.25, 0.3) is 10.1 Å². The van der Waals surface area contributed by atoms with Gasteiger partial charge in [0.05, 0.1) is 5.75 Å². The molecule has 4 nitrogen and oxygen atoms in total. The van der Waals surface area contributed by atoms with Crippen molar-refractivity contribution in [3.63, 3.8) is 0 Å². The maximum absolute atomic E-state index is 10.7. The Labute approximate surface area is 113 Å². The standard InChI is InChI=1S/C12H18ClNO3S/c1-10(2)14(8-3-9-18(15,16)17)12-6-4-11(13)5-7-12/h4-7,10H,3,8-9H2,1-2H3,(H,15,16,17). The second kappa shape index (κ2) is 6.41. The lowest BCUT2D eigenvalue weighted by molar-refractivity contribution is 0.480. The van der Waals surface area contributed by atoms with Crippen molar-refractivity contribution in [2.24, 2.45) is 0 Å². The van der Waals surface area contributed by atoms with Crippen LogP contribution in [0.5, 0.6) is 0 Å². The normalized spacial score (nSPS) is 11.8. The lowest BCUT2D eigenvalue weighted by Crippen LogP contribution is -2.32. The van der Waals surface area contributed by atoms with E-state index in [1.54, 1.807) is 12.1 Å². The number of nitrogens with zero attached hydrogens (tertiary/aromatic N) is 1. The van der Waals surface area contributed by atoms with E-state index in [-0.39, 0.29) is 11.8 Å². The molecule has 1 N–H and O–H groups in total. The summed E-state index contributed by atoms with van der Waals surface area (Å²) in [5, 5.41) is 0.667. The molecule has 0 saturated heterocycles. The van der Waals surface area contributed by atoms with Crippen LogP contribution < -0.4 is 4.90 Å². The van der Waals surface area contributed by atoms with E-state index >= 15 is 0 Å². The molecule has 0 unspecified atom stereocenters. The summed E-state index contributed by atoms with van der Waals surface area (Å²) in [7, 11) is -3.88. The van der Waals surface area contributed by atoms with Crippen molar-refractivity contribution in [3.05, 3.63) is 29.3 Å². The van der Waals surface area contributed by atoms with Gasteiger partial charge in [0, 0.05) is 23.3 Å². The van der Waals surface area contributed by atoms with E-state index in [0.29, 0.717) is 18.0 Å². The third-order valence-corrected chi connectivity index (χ3v) is 3.64. The van der Waals surface area contributed by atoms with Crippen molar-refractivity contribution in [3.8, 4) is 0 Å². The van der Waals surface area contributed by atoms with E-state index in [2.05, 4.69) is 4.90 Å². The van der Waals surface area contributed by atoms with Gasteiger partial charge in [-0.2, -0.15) is 8.42 Å². The molecule has 6 heteroatoms. The van der Waals surface area contributed by atoms with Gasteiger partial charge in [-0.15, -0.1) is 0 Å². The number of benzene rings is 1. The van der Waals surface area contributed by atoms with Crippen molar-refractivity contribution in [2.45, 2.75) is 26.3 Å². The zero-order valence-corrected chi connectivity index (χ0v) is 12.1. The van der Waals surface area contributed by atoms with E-state index in [4.69, 9.17) is 16.2 Å². The van der Waals surface area contributed by atoms with Gasteiger partial charge in [-0.05, 0) is 44.5 Å². The SMILES string of the molecule is CC(C)N(CCCS(=O)(=O)O)c1ccc(Cl)cc1. The van der Waals surface area contributed by atoms with Crippen LogP contribution >= 0.6 is 11.6 Å². The largest absolute Gasteiger partial charge is 0.369 e. The maximum Gasteiger partial charge on any atom is 0.264 e. The van der Waals surface area contributed by atoms with Crippen LogP contribution in [0.25, 0.3) is 0 Å². The van der Waals surface area contributed by atoms with Crippen LogP contribution in [0, 0.1) is 0 Å². The molecule has 0 saturated carbocycles.